The Hall–Kier alpha value is -2.48. The van der Waals surface area contributed by atoms with Crippen molar-refractivity contribution in [2.75, 3.05) is 12.4 Å². The lowest BCUT2D eigenvalue weighted by atomic mass is 10.0. The van der Waals surface area contributed by atoms with Gasteiger partial charge in [-0.05, 0) is 41.6 Å². The zero-order valence-electron chi connectivity index (χ0n) is 12.4. The molecule has 0 fully saturated rings. The van der Waals surface area contributed by atoms with Crippen molar-refractivity contribution in [1.29, 1.82) is 0 Å². The largest absolute Gasteiger partial charge is 0.496 e. The summed E-state index contributed by atoms with van der Waals surface area (Å²) in [6, 6.07) is 21.0. The summed E-state index contributed by atoms with van der Waals surface area (Å²) in [5.74, 6) is 0.921. The number of aryl methyl sites for hydroxylation is 1. The molecule has 0 unspecified atom stereocenters. The second-order valence-electron chi connectivity index (χ2n) is 5.20. The Bertz CT molecular complexity index is 764. The van der Waals surface area contributed by atoms with Gasteiger partial charge >= 0.3 is 0 Å². The molecular formula is C19H19NO. The van der Waals surface area contributed by atoms with Crippen LogP contribution in [-0.4, -0.2) is 7.11 Å². The van der Waals surface area contributed by atoms with E-state index in [9.17, 15) is 0 Å². The third-order valence-electron chi connectivity index (χ3n) is 3.70. The Kier molecular flexibility index (Phi) is 3.78. The highest BCUT2D eigenvalue weighted by Gasteiger charge is 2.05. The smallest absolute Gasteiger partial charge is 0.126 e. The molecule has 3 aromatic carbocycles. The Morgan fingerprint density at radius 3 is 2.48 bits per heavy atom. The summed E-state index contributed by atoms with van der Waals surface area (Å²) in [6.45, 7) is 2.90. The van der Waals surface area contributed by atoms with Gasteiger partial charge in [-0.25, -0.2) is 0 Å². The minimum atomic E-state index is 0.800. The van der Waals surface area contributed by atoms with Gasteiger partial charge in [0, 0.05) is 17.6 Å². The number of benzene rings is 3. The fourth-order valence-electron chi connectivity index (χ4n) is 2.62. The summed E-state index contributed by atoms with van der Waals surface area (Å²) in [7, 11) is 1.71. The number of rotatable bonds is 4. The highest BCUT2D eigenvalue weighted by Crippen LogP contribution is 2.28. The normalized spacial score (nSPS) is 10.6. The van der Waals surface area contributed by atoms with Crippen molar-refractivity contribution in [2.24, 2.45) is 0 Å². The van der Waals surface area contributed by atoms with E-state index in [2.05, 4.69) is 60.8 Å². The van der Waals surface area contributed by atoms with Crippen molar-refractivity contribution in [3.8, 4) is 5.75 Å². The van der Waals surface area contributed by atoms with Gasteiger partial charge in [0.2, 0.25) is 0 Å². The van der Waals surface area contributed by atoms with Crippen LogP contribution in [0.2, 0.25) is 0 Å². The first-order valence-electron chi connectivity index (χ1n) is 7.13. The Balaban J connectivity index is 1.91. The molecule has 0 bridgehead atoms. The summed E-state index contributed by atoms with van der Waals surface area (Å²) in [5, 5.41) is 5.88. The van der Waals surface area contributed by atoms with Crippen LogP contribution in [0.1, 0.15) is 11.1 Å². The van der Waals surface area contributed by atoms with Crippen molar-refractivity contribution in [3.63, 3.8) is 0 Å². The predicted octanol–water partition coefficient (Wildman–Crippen LogP) is 4.77. The number of hydrogen-bond acceptors (Lipinski definition) is 2. The highest BCUT2D eigenvalue weighted by molar-refractivity contribution is 5.91. The summed E-state index contributed by atoms with van der Waals surface area (Å²) in [6.07, 6.45) is 0. The monoisotopic (exact) mass is 277 g/mol. The van der Waals surface area contributed by atoms with Gasteiger partial charge in [-0.1, -0.05) is 42.5 Å². The first kappa shape index (κ1) is 13.5. The molecule has 0 heterocycles. The van der Waals surface area contributed by atoms with Crippen LogP contribution in [0, 0.1) is 6.92 Å². The van der Waals surface area contributed by atoms with Crippen molar-refractivity contribution in [2.45, 2.75) is 13.5 Å². The van der Waals surface area contributed by atoms with E-state index in [-0.39, 0.29) is 0 Å². The average molecular weight is 277 g/mol. The molecule has 106 valence electrons. The van der Waals surface area contributed by atoms with E-state index in [1.165, 1.54) is 16.5 Å². The van der Waals surface area contributed by atoms with Gasteiger partial charge in [-0.2, -0.15) is 0 Å². The van der Waals surface area contributed by atoms with Crippen LogP contribution in [-0.2, 0) is 6.54 Å². The standard InChI is InChI=1S/C19H19NO/c1-14-6-5-7-16(12-14)20-13-15-10-11-19(21-2)18-9-4-3-8-17(15)18/h3-12,20H,13H2,1-2H3. The number of anilines is 1. The number of methoxy groups -OCH3 is 1. The maximum absolute atomic E-state index is 5.44. The maximum atomic E-state index is 5.44. The molecule has 0 saturated heterocycles. The molecule has 3 rings (SSSR count). The van der Waals surface area contributed by atoms with Crippen molar-refractivity contribution in [3.05, 3.63) is 71.8 Å². The molecule has 21 heavy (non-hydrogen) atoms. The second kappa shape index (κ2) is 5.88. The van der Waals surface area contributed by atoms with Crippen LogP contribution in [0.4, 0.5) is 5.69 Å². The SMILES string of the molecule is COc1ccc(CNc2cccc(C)c2)c2ccccc12. The lowest BCUT2D eigenvalue weighted by Crippen LogP contribution is -2.00. The number of ether oxygens (including phenoxy) is 1. The topological polar surface area (TPSA) is 21.3 Å². The third-order valence-corrected chi connectivity index (χ3v) is 3.70. The maximum Gasteiger partial charge on any atom is 0.126 e. The van der Waals surface area contributed by atoms with Crippen LogP contribution in [0.5, 0.6) is 5.75 Å². The molecule has 0 aliphatic carbocycles. The van der Waals surface area contributed by atoms with Gasteiger partial charge in [0.15, 0.2) is 0 Å². The van der Waals surface area contributed by atoms with Gasteiger partial charge < -0.3 is 10.1 Å². The molecule has 0 spiro atoms. The zero-order valence-corrected chi connectivity index (χ0v) is 12.4. The van der Waals surface area contributed by atoms with E-state index in [0.29, 0.717) is 0 Å². The summed E-state index contributed by atoms with van der Waals surface area (Å²) < 4.78 is 5.44. The van der Waals surface area contributed by atoms with E-state index in [1.807, 2.05) is 12.1 Å². The Morgan fingerprint density at radius 2 is 1.71 bits per heavy atom. The fraction of sp³-hybridized carbons (Fsp3) is 0.158. The summed E-state index contributed by atoms with van der Waals surface area (Å²) in [5.41, 5.74) is 3.68. The van der Waals surface area contributed by atoms with Crippen LogP contribution in [0.3, 0.4) is 0 Å². The van der Waals surface area contributed by atoms with Gasteiger partial charge in [0.25, 0.3) is 0 Å². The lowest BCUT2D eigenvalue weighted by molar-refractivity contribution is 0.419. The Morgan fingerprint density at radius 1 is 0.905 bits per heavy atom. The minimum Gasteiger partial charge on any atom is -0.496 e. The highest BCUT2D eigenvalue weighted by atomic mass is 16.5. The molecule has 0 aliphatic rings. The quantitative estimate of drug-likeness (QED) is 0.741. The summed E-state index contributed by atoms with van der Waals surface area (Å²) in [4.78, 5) is 0. The Labute approximate surface area is 125 Å². The van der Waals surface area contributed by atoms with E-state index < -0.39 is 0 Å². The third kappa shape index (κ3) is 2.84. The van der Waals surface area contributed by atoms with Crippen LogP contribution in [0.15, 0.2) is 60.7 Å². The molecular weight excluding hydrogens is 258 g/mol. The molecule has 2 heteroatoms. The number of nitrogens with one attached hydrogen (secondary N) is 1. The van der Waals surface area contributed by atoms with E-state index in [4.69, 9.17) is 4.74 Å². The first-order valence-corrected chi connectivity index (χ1v) is 7.13. The van der Waals surface area contributed by atoms with Gasteiger partial charge in [-0.15, -0.1) is 0 Å². The molecule has 0 aromatic heterocycles. The molecule has 0 aliphatic heterocycles. The minimum absolute atomic E-state index is 0.800. The van der Waals surface area contributed by atoms with Crippen molar-refractivity contribution in [1.82, 2.24) is 0 Å². The van der Waals surface area contributed by atoms with E-state index in [1.54, 1.807) is 7.11 Å². The molecule has 2 nitrogen and oxygen atoms in total. The van der Waals surface area contributed by atoms with Crippen LogP contribution in [0.25, 0.3) is 10.8 Å². The van der Waals surface area contributed by atoms with Gasteiger partial charge in [-0.3, -0.25) is 0 Å². The van der Waals surface area contributed by atoms with Crippen LogP contribution < -0.4 is 10.1 Å². The van der Waals surface area contributed by atoms with Gasteiger partial charge in [0.1, 0.15) is 5.75 Å². The van der Waals surface area contributed by atoms with E-state index in [0.717, 1.165) is 23.4 Å². The lowest BCUT2D eigenvalue weighted by Gasteiger charge is -2.12. The molecule has 3 aromatic rings. The van der Waals surface area contributed by atoms with Gasteiger partial charge in [0.05, 0.1) is 7.11 Å². The van der Waals surface area contributed by atoms with Crippen molar-refractivity contribution < 1.29 is 4.74 Å². The number of hydrogen-bond donors (Lipinski definition) is 1. The molecule has 0 saturated carbocycles. The number of fused-ring (bicyclic) bond motifs is 1. The molecule has 0 radical (unpaired) electrons. The predicted molar refractivity (Wildman–Crippen MR) is 89.0 cm³/mol. The molecule has 0 atom stereocenters. The first-order chi connectivity index (χ1) is 10.3. The zero-order chi connectivity index (χ0) is 14.7. The second-order valence-corrected chi connectivity index (χ2v) is 5.20. The fourth-order valence-corrected chi connectivity index (χ4v) is 2.62. The molecule has 0 amide bonds. The average Bonchev–Trinajstić information content (AvgIpc) is 2.52. The molecule has 1 N–H and O–H groups in total. The van der Waals surface area contributed by atoms with Crippen molar-refractivity contribution >= 4 is 16.5 Å². The summed E-state index contributed by atoms with van der Waals surface area (Å²) >= 11 is 0. The van der Waals surface area contributed by atoms with E-state index >= 15 is 0 Å². The van der Waals surface area contributed by atoms with Crippen LogP contribution >= 0.6 is 0 Å².